The molecule has 0 saturated carbocycles. The lowest BCUT2D eigenvalue weighted by molar-refractivity contribution is 0.0940. The van der Waals surface area contributed by atoms with E-state index in [-0.39, 0.29) is 22.8 Å². The van der Waals surface area contributed by atoms with Crippen LogP contribution in [0.4, 0.5) is 5.82 Å². The van der Waals surface area contributed by atoms with Crippen molar-refractivity contribution in [1.82, 2.24) is 15.3 Å². The van der Waals surface area contributed by atoms with Crippen LogP contribution in [0.15, 0.2) is 36.7 Å². The zero-order valence-electron chi connectivity index (χ0n) is 15.2. The van der Waals surface area contributed by atoms with Crippen molar-refractivity contribution in [1.29, 1.82) is 0 Å². The Bertz CT molecular complexity index is 694. The molecular formula is C19H26N4O2. The monoisotopic (exact) mass is 342 g/mol. The highest BCUT2D eigenvalue weighted by Gasteiger charge is 2.22. The molecule has 0 unspecified atom stereocenters. The van der Waals surface area contributed by atoms with E-state index in [4.69, 9.17) is 10.5 Å². The van der Waals surface area contributed by atoms with Gasteiger partial charge in [-0.3, -0.25) is 4.79 Å². The van der Waals surface area contributed by atoms with Crippen LogP contribution in [0, 0.1) is 5.92 Å². The van der Waals surface area contributed by atoms with E-state index < -0.39 is 0 Å². The highest BCUT2D eigenvalue weighted by Crippen LogP contribution is 2.25. The second kappa shape index (κ2) is 7.96. The number of carbonyl (C=O) groups excluding carboxylic acids is 1. The van der Waals surface area contributed by atoms with E-state index in [1.54, 1.807) is 0 Å². The molecule has 6 nitrogen and oxygen atoms in total. The number of carbonyl (C=O) groups is 1. The van der Waals surface area contributed by atoms with Gasteiger partial charge in [0.15, 0.2) is 0 Å². The van der Waals surface area contributed by atoms with Crippen molar-refractivity contribution in [3.8, 4) is 5.75 Å². The van der Waals surface area contributed by atoms with Gasteiger partial charge in [0.2, 0.25) is 0 Å². The van der Waals surface area contributed by atoms with Gasteiger partial charge in [0.1, 0.15) is 17.3 Å². The van der Waals surface area contributed by atoms with E-state index in [1.165, 1.54) is 12.4 Å². The number of ether oxygens (including phenoxy) is 1. The summed E-state index contributed by atoms with van der Waals surface area (Å²) < 4.78 is 5.71. The number of nitrogens with two attached hydrogens (primary N) is 1. The molecule has 0 atom stereocenters. The van der Waals surface area contributed by atoms with E-state index in [1.807, 2.05) is 24.3 Å². The normalized spacial score (nSPS) is 11.4. The Morgan fingerprint density at radius 3 is 2.44 bits per heavy atom. The number of hydrogen-bond donors (Lipinski definition) is 2. The van der Waals surface area contributed by atoms with Crippen molar-refractivity contribution in [2.24, 2.45) is 5.92 Å². The third-order valence-corrected chi connectivity index (χ3v) is 3.81. The van der Waals surface area contributed by atoms with Gasteiger partial charge in [-0.1, -0.05) is 39.8 Å². The summed E-state index contributed by atoms with van der Waals surface area (Å²) in [5.74, 6) is 1.37. The average molecular weight is 342 g/mol. The molecule has 2 rings (SSSR count). The lowest BCUT2D eigenvalue weighted by Crippen LogP contribution is -2.37. The van der Waals surface area contributed by atoms with Gasteiger partial charge in [-0.05, 0) is 23.6 Å². The zero-order valence-corrected chi connectivity index (χ0v) is 15.2. The van der Waals surface area contributed by atoms with Crippen molar-refractivity contribution >= 4 is 11.7 Å². The van der Waals surface area contributed by atoms with E-state index in [2.05, 4.69) is 43.0 Å². The van der Waals surface area contributed by atoms with Crippen molar-refractivity contribution < 1.29 is 9.53 Å². The summed E-state index contributed by atoms with van der Waals surface area (Å²) in [6.45, 7) is 9.56. The fraction of sp³-hybridized carbons (Fsp3) is 0.421. The molecule has 0 fully saturated rings. The summed E-state index contributed by atoms with van der Waals surface area (Å²) in [7, 11) is 0. The van der Waals surface area contributed by atoms with Crippen LogP contribution in [-0.2, 0) is 5.41 Å². The summed E-state index contributed by atoms with van der Waals surface area (Å²) in [5.41, 5.74) is 6.62. The first-order valence-electron chi connectivity index (χ1n) is 8.37. The Morgan fingerprint density at radius 1 is 1.20 bits per heavy atom. The van der Waals surface area contributed by atoms with E-state index in [9.17, 15) is 4.79 Å². The Morgan fingerprint density at radius 2 is 1.88 bits per heavy atom. The summed E-state index contributed by atoms with van der Waals surface area (Å²) >= 11 is 0. The minimum Gasteiger partial charge on any atom is -0.493 e. The number of nitrogens with one attached hydrogen (secondary N) is 1. The molecule has 3 N–H and O–H groups in total. The highest BCUT2D eigenvalue weighted by atomic mass is 16.5. The molecule has 134 valence electrons. The van der Waals surface area contributed by atoms with Crippen LogP contribution in [0.5, 0.6) is 5.75 Å². The molecule has 0 bridgehead atoms. The highest BCUT2D eigenvalue weighted by molar-refractivity contribution is 5.92. The number of rotatable bonds is 7. The van der Waals surface area contributed by atoms with E-state index in [0.717, 1.165) is 11.3 Å². The van der Waals surface area contributed by atoms with Crippen LogP contribution < -0.4 is 15.8 Å². The SMILES string of the molecule is CC(C)COc1ccc(C(C)(C)CNC(=O)c2cnc(N)cn2)cc1. The van der Waals surface area contributed by atoms with Crippen molar-refractivity contribution in [3.05, 3.63) is 47.9 Å². The van der Waals surface area contributed by atoms with Gasteiger partial charge in [0.25, 0.3) is 5.91 Å². The van der Waals surface area contributed by atoms with Gasteiger partial charge in [-0.25, -0.2) is 9.97 Å². The van der Waals surface area contributed by atoms with Gasteiger partial charge in [-0.2, -0.15) is 0 Å². The van der Waals surface area contributed by atoms with Crippen LogP contribution in [0.2, 0.25) is 0 Å². The maximum atomic E-state index is 12.2. The van der Waals surface area contributed by atoms with E-state index in [0.29, 0.717) is 19.1 Å². The summed E-state index contributed by atoms with van der Waals surface area (Å²) in [5, 5.41) is 2.90. The quantitative estimate of drug-likeness (QED) is 0.807. The number of anilines is 1. The minimum atomic E-state index is -0.266. The molecule has 1 heterocycles. The maximum absolute atomic E-state index is 12.2. The molecule has 0 aliphatic rings. The van der Waals surface area contributed by atoms with Crippen LogP contribution in [0.1, 0.15) is 43.7 Å². The Hall–Kier alpha value is -2.63. The van der Waals surface area contributed by atoms with Crippen LogP contribution in [0.25, 0.3) is 0 Å². The lowest BCUT2D eigenvalue weighted by atomic mass is 9.84. The number of aromatic nitrogens is 2. The van der Waals surface area contributed by atoms with E-state index >= 15 is 0 Å². The van der Waals surface area contributed by atoms with Gasteiger partial charge in [0.05, 0.1) is 19.0 Å². The molecule has 25 heavy (non-hydrogen) atoms. The van der Waals surface area contributed by atoms with Crippen LogP contribution in [-0.4, -0.2) is 29.0 Å². The summed E-state index contributed by atoms with van der Waals surface area (Å²) in [6, 6.07) is 8.00. The van der Waals surface area contributed by atoms with Crippen LogP contribution >= 0.6 is 0 Å². The lowest BCUT2D eigenvalue weighted by Gasteiger charge is -2.26. The number of benzene rings is 1. The van der Waals surface area contributed by atoms with Crippen molar-refractivity contribution in [2.75, 3.05) is 18.9 Å². The predicted octanol–water partition coefficient (Wildman–Crippen LogP) is 2.80. The van der Waals surface area contributed by atoms with Gasteiger partial charge < -0.3 is 15.8 Å². The predicted molar refractivity (Wildman–Crippen MR) is 98.6 cm³/mol. The Kier molecular flexibility index (Phi) is 5.96. The Labute approximate surface area is 148 Å². The first-order valence-corrected chi connectivity index (χ1v) is 8.37. The number of amides is 1. The molecule has 0 aliphatic carbocycles. The van der Waals surface area contributed by atoms with Gasteiger partial charge >= 0.3 is 0 Å². The molecule has 1 amide bonds. The molecule has 0 saturated heterocycles. The average Bonchev–Trinajstić information content (AvgIpc) is 2.59. The summed E-state index contributed by atoms with van der Waals surface area (Å²) in [6.07, 6.45) is 2.74. The molecule has 0 radical (unpaired) electrons. The van der Waals surface area contributed by atoms with Gasteiger partial charge in [-0.15, -0.1) is 0 Å². The minimum absolute atomic E-state index is 0.229. The number of nitrogen functional groups attached to an aromatic ring is 1. The zero-order chi connectivity index (χ0) is 18.4. The first-order chi connectivity index (χ1) is 11.8. The molecule has 6 heteroatoms. The molecule has 0 spiro atoms. The largest absolute Gasteiger partial charge is 0.493 e. The molecule has 1 aromatic carbocycles. The van der Waals surface area contributed by atoms with Gasteiger partial charge in [0, 0.05) is 12.0 Å². The number of nitrogens with zero attached hydrogens (tertiary/aromatic N) is 2. The topological polar surface area (TPSA) is 90.1 Å². The molecular weight excluding hydrogens is 316 g/mol. The third-order valence-electron chi connectivity index (χ3n) is 3.81. The standard InChI is InChI=1S/C19H26N4O2/c1-13(2)11-25-15-7-5-14(6-8-15)19(3,4)12-23-18(24)16-9-22-17(20)10-21-16/h5-10,13H,11-12H2,1-4H3,(H2,20,22)(H,23,24). The fourth-order valence-corrected chi connectivity index (χ4v) is 2.21. The second-order valence-corrected chi connectivity index (χ2v) is 7.12. The van der Waals surface area contributed by atoms with Crippen molar-refractivity contribution in [3.63, 3.8) is 0 Å². The van der Waals surface area contributed by atoms with Crippen LogP contribution in [0.3, 0.4) is 0 Å². The molecule has 2 aromatic rings. The fourth-order valence-electron chi connectivity index (χ4n) is 2.21. The third kappa shape index (κ3) is 5.45. The summed E-state index contributed by atoms with van der Waals surface area (Å²) in [4.78, 5) is 20.0. The maximum Gasteiger partial charge on any atom is 0.271 e. The molecule has 1 aromatic heterocycles. The second-order valence-electron chi connectivity index (χ2n) is 7.12. The van der Waals surface area contributed by atoms with Crippen molar-refractivity contribution in [2.45, 2.75) is 33.1 Å². The Balaban J connectivity index is 1.96. The number of hydrogen-bond acceptors (Lipinski definition) is 5. The smallest absolute Gasteiger partial charge is 0.271 e. The first kappa shape index (κ1) is 18.7. The molecule has 0 aliphatic heterocycles.